The highest BCUT2D eigenvalue weighted by molar-refractivity contribution is 7.99. The fraction of sp³-hybridized carbons (Fsp3) is 0.348. The molecule has 0 spiro atoms. The average molecular weight is 455 g/mol. The second kappa shape index (κ2) is 9.95. The molecule has 1 aromatic heterocycles. The highest BCUT2D eigenvalue weighted by Crippen LogP contribution is 2.39. The fourth-order valence-electron chi connectivity index (χ4n) is 4.01. The number of likely N-dealkylation sites (tertiary alicyclic amines) is 1. The number of rotatable bonds is 8. The van der Waals surface area contributed by atoms with Crippen LogP contribution in [0.25, 0.3) is 5.69 Å². The Bertz CT molecular complexity index is 1090. The molecule has 1 amide bonds. The van der Waals surface area contributed by atoms with Crippen molar-refractivity contribution in [3.8, 4) is 22.9 Å². The third kappa shape index (κ3) is 4.38. The largest absolute Gasteiger partial charge is 0.497 e. The Morgan fingerprint density at radius 2 is 1.91 bits per heavy atom. The van der Waals surface area contributed by atoms with E-state index in [1.54, 1.807) is 27.7 Å². The highest BCUT2D eigenvalue weighted by Gasteiger charge is 2.32. The minimum atomic E-state index is -0.0414. The summed E-state index contributed by atoms with van der Waals surface area (Å²) in [6, 6.07) is 13.3. The highest BCUT2D eigenvalue weighted by atomic mass is 32.2. The maximum atomic E-state index is 13.2. The number of thioether (sulfide) groups is 1. The van der Waals surface area contributed by atoms with E-state index in [1.165, 1.54) is 11.8 Å². The van der Waals surface area contributed by atoms with Crippen LogP contribution in [-0.4, -0.2) is 59.2 Å². The van der Waals surface area contributed by atoms with Crippen molar-refractivity contribution in [1.82, 2.24) is 19.7 Å². The van der Waals surface area contributed by atoms with Gasteiger partial charge in [0.1, 0.15) is 23.6 Å². The van der Waals surface area contributed by atoms with Crippen molar-refractivity contribution in [2.45, 2.75) is 24.0 Å². The molecule has 0 radical (unpaired) electrons. The van der Waals surface area contributed by atoms with Crippen LogP contribution in [-0.2, 0) is 4.79 Å². The Balaban J connectivity index is 1.51. The van der Waals surface area contributed by atoms with Gasteiger partial charge in [0, 0.05) is 12.1 Å². The smallest absolute Gasteiger partial charge is 0.233 e. The molecule has 168 valence electrons. The molecule has 1 aliphatic rings. The number of para-hydroxylation sites is 2. The maximum absolute atomic E-state index is 13.2. The van der Waals surface area contributed by atoms with Crippen molar-refractivity contribution in [2.24, 2.45) is 0 Å². The van der Waals surface area contributed by atoms with Crippen LogP contribution in [0.3, 0.4) is 0 Å². The zero-order valence-corrected chi connectivity index (χ0v) is 19.2. The van der Waals surface area contributed by atoms with Crippen LogP contribution in [0.1, 0.15) is 24.4 Å². The molecule has 2 aromatic carbocycles. The van der Waals surface area contributed by atoms with Gasteiger partial charge >= 0.3 is 0 Å². The molecule has 1 atom stereocenters. The monoisotopic (exact) mass is 454 g/mol. The number of carbonyl (C=O) groups excluding carboxylic acids is 1. The van der Waals surface area contributed by atoms with Gasteiger partial charge in [-0.25, -0.2) is 0 Å². The quantitative estimate of drug-likeness (QED) is 0.480. The van der Waals surface area contributed by atoms with E-state index in [1.807, 2.05) is 51.9 Å². The first-order chi connectivity index (χ1) is 15.7. The van der Waals surface area contributed by atoms with Crippen molar-refractivity contribution >= 4 is 17.7 Å². The Morgan fingerprint density at radius 3 is 2.69 bits per heavy atom. The minimum absolute atomic E-state index is 0.0414. The van der Waals surface area contributed by atoms with Gasteiger partial charge in [0.2, 0.25) is 5.91 Å². The van der Waals surface area contributed by atoms with Crippen LogP contribution >= 0.6 is 11.8 Å². The van der Waals surface area contributed by atoms with Crippen LogP contribution in [0, 0.1) is 0 Å². The molecule has 8 nitrogen and oxygen atoms in total. The first-order valence-corrected chi connectivity index (χ1v) is 11.3. The molecule has 0 aliphatic carbocycles. The van der Waals surface area contributed by atoms with E-state index in [-0.39, 0.29) is 17.7 Å². The number of nitrogens with zero attached hydrogens (tertiary/aromatic N) is 4. The zero-order valence-electron chi connectivity index (χ0n) is 18.4. The van der Waals surface area contributed by atoms with Crippen molar-refractivity contribution in [3.05, 3.63) is 54.4 Å². The van der Waals surface area contributed by atoms with Gasteiger partial charge in [0.05, 0.1) is 38.8 Å². The maximum Gasteiger partial charge on any atom is 0.233 e. The third-order valence-corrected chi connectivity index (χ3v) is 6.48. The van der Waals surface area contributed by atoms with Gasteiger partial charge in [0.15, 0.2) is 5.16 Å². The molecular formula is C23H26N4O4S. The van der Waals surface area contributed by atoms with Gasteiger partial charge in [-0.05, 0) is 43.2 Å². The number of ether oxygens (including phenoxy) is 3. The Kier molecular flexibility index (Phi) is 6.84. The summed E-state index contributed by atoms with van der Waals surface area (Å²) in [7, 11) is 4.91. The average Bonchev–Trinajstić information content (AvgIpc) is 3.51. The predicted octanol–water partition coefficient (Wildman–Crippen LogP) is 3.75. The van der Waals surface area contributed by atoms with Crippen LogP contribution in [0.2, 0.25) is 0 Å². The second-order valence-corrected chi connectivity index (χ2v) is 8.24. The van der Waals surface area contributed by atoms with Crippen LogP contribution < -0.4 is 14.2 Å². The summed E-state index contributed by atoms with van der Waals surface area (Å²) in [5.74, 6) is 2.54. The number of carbonyl (C=O) groups is 1. The lowest BCUT2D eigenvalue weighted by Gasteiger charge is -2.26. The van der Waals surface area contributed by atoms with Crippen LogP contribution in [0.5, 0.6) is 17.2 Å². The molecule has 1 saturated heterocycles. The summed E-state index contributed by atoms with van der Waals surface area (Å²) in [5, 5.41) is 8.88. The first kappa shape index (κ1) is 22.0. The summed E-state index contributed by atoms with van der Waals surface area (Å²) < 4.78 is 18.2. The normalized spacial score (nSPS) is 15.6. The summed E-state index contributed by atoms with van der Waals surface area (Å²) in [6.45, 7) is 0.712. The second-order valence-electron chi connectivity index (χ2n) is 7.30. The molecule has 4 rings (SSSR count). The van der Waals surface area contributed by atoms with Crippen LogP contribution in [0.15, 0.2) is 53.9 Å². The molecule has 2 heterocycles. The number of amides is 1. The lowest BCUT2D eigenvalue weighted by Crippen LogP contribution is -2.32. The third-order valence-electron chi connectivity index (χ3n) is 5.55. The molecule has 1 aliphatic heterocycles. The minimum Gasteiger partial charge on any atom is -0.497 e. The molecule has 1 fully saturated rings. The van der Waals surface area contributed by atoms with Gasteiger partial charge < -0.3 is 19.1 Å². The van der Waals surface area contributed by atoms with E-state index in [0.717, 1.165) is 35.6 Å². The zero-order chi connectivity index (χ0) is 22.5. The summed E-state index contributed by atoms with van der Waals surface area (Å²) in [5.41, 5.74) is 1.80. The lowest BCUT2D eigenvalue weighted by atomic mass is 10.0. The SMILES string of the molecule is COc1ccc(OC)c([C@H]2CCCN2C(=O)CSc2nncn2-c2ccccc2OC)c1. The van der Waals surface area contributed by atoms with Crippen LogP contribution in [0.4, 0.5) is 0 Å². The summed E-state index contributed by atoms with van der Waals surface area (Å²) in [4.78, 5) is 15.1. The molecule has 0 unspecified atom stereocenters. The van der Waals surface area contributed by atoms with Crippen molar-refractivity contribution in [3.63, 3.8) is 0 Å². The van der Waals surface area contributed by atoms with Gasteiger partial charge in [-0.3, -0.25) is 9.36 Å². The van der Waals surface area contributed by atoms with Gasteiger partial charge in [0.25, 0.3) is 0 Å². The van der Waals surface area contributed by atoms with Crippen molar-refractivity contribution < 1.29 is 19.0 Å². The number of hydrogen-bond donors (Lipinski definition) is 0. The molecular weight excluding hydrogens is 428 g/mol. The number of methoxy groups -OCH3 is 3. The molecule has 9 heteroatoms. The lowest BCUT2D eigenvalue weighted by molar-refractivity contribution is -0.129. The predicted molar refractivity (Wildman–Crippen MR) is 122 cm³/mol. The fourth-order valence-corrected chi connectivity index (χ4v) is 4.82. The van der Waals surface area contributed by atoms with E-state index < -0.39 is 0 Å². The molecule has 3 aromatic rings. The molecule has 0 bridgehead atoms. The van der Waals surface area contributed by atoms with Gasteiger partial charge in [-0.1, -0.05) is 23.9 Å². The van der Waals surface area contributed by atoms with E-state index >= 15 is 0 Å². The topological polar surface area (TPSA) is 78.7 Å². The summed E-state index contributed by atoms with van der Waals surface area (Å²) >= 11 is 1.36. The number of benzene rings is 2. The molecule has 32 heavy (non-hydrogen) atoms. The molecule has 0 N–H and O–H groups in total. The van der Waals surface area contributed by atoms with Gasteiger partial charge in [-0.2, -0.15) is 0 Å². The van der Waals surface area contributed by atoms with Gasteiger partial charge in [-0.15, -0.1) is 10.2 Å². The Hall–Kier alpha value is -3.20. The van der Waals surface area contributed by atoms with E-state index in [4.69, 9.17) is 14.2 Å². The Morgan fingerprint density at radius 1 is 1.09 bits per heavy atom. The van der Waals surface area contributed by atoms with E-state index in [9.17, 15) is 4.79 Å². The van der Waals surface area contributed by atoms with Crippen molar-refractivity contribution in [1.29, 1.82) is 0 Å². The standard InChI is InChI=1S/C23H26N4O4S/c1-29-16-10-11-20(30-2)17(13-16)18-8-6-12-26(18)22(28)14-32-23-25-24-15-27(23)19-7-4-5-9-21(19)31-3/h4-5,7,9-11,13,15,18H,6,8,12,14H2,1-3H3/t18-/m1/s1. The van der Waals surface area contributed by atoms with E-state index in [0.29, 0.717) is 17.5 Å². The number of hydrogen-bond acceptors (Lipinski definition) is 7. The Labute approximate surface area is 191 Å². The van der Waals surface area contributed by atoms with E-state index in [2.05, 4.69) is 10.2 Å². The number of aromatic nitrogens is 3. The molecule has 0 saturated carbocycles. The summed E-state index contributed by atoms with van der Waals surface area (Å²) in [6.07, 6.45) is 3.46. The first-order valence-electron chi connectivity index (χ1n) is 10.3. The van der Waals surface area contributed by atoms with Crippen molar-refractivity contribution in [2.75, 3.05) is 33.6 Å².